The first-order valence-corrected chi connectivity index (χ1v) is 10.3. The van der Waals surface area contributed by atoms with Crippen LogP contribution < -0.4 is 0 Å². The van der Waals surface area contributed by atoms with Gasteiger partial charge >= 0.3 is 0 Å². The zero-order chi connectivity index (χ0) is 15.5. The SMILES string of the molecule is CCN(CP1OCC(C)(C)CO1)CP1OCC(C)(C)CO1. The molecule has 0 aromatic heterocycles. The molecule has 7 heteroatoms. The van der Waals surface area contributed by atoms with Crippen LogP contribution in [0.4, 0.5) is 0 Å². The molecule has 0 atom stereocenters. The second kappa shape index (κ2) is 7.49. The van der Waals surface area contributed by atoms with Crippen molar-refractivity contribution in [3.05, 3.63) is 0 Å². The smallest absolute Gasteiger partial charge is 0.185 e. The van der Waals surface area contributed by atoms with Crippen molar-refractivity contribution in [3.63, 3.8) is 0 Å². The van der Waals surface area contributed by atoms with Crippen molar-refractivity contribution in [1.29, 1.82) is 0 Å². The molecule has 5 nitrogen and oxygen atoms in total. The maximum Gasteiger partial charge on any atom is 0.185 e. The number of rotatable bonds is 5. The Bertz CT molecular complexity index is 291. The Morgan fingerprint density at radius 1 is 0.762 bits per heavy atom. The monoisotopic (exact) mass is 337 g/mol. The molecule has 0 aliphatic carbocycles. The summed E-state index contributed by atoms with van der Waals surface area (Å²) >= 11 is 0. The van der Waals surface area contributed by atoms with E-state index in [-0.39, 0.29) is 10.8 Å². The van der Waals surface area contributed by atoms with E-state index < -0.39 is 16.8 Å². The van der Waals surface area contributed by atoms with E-state index >= 15 is 0 Å². The van der Waals surface area contributed by atoms with Crippen molar-refractivity contribution in [2.75, 3.05) is 45.5 Å². The summed E-state index contributed by atoms with van der Waals surface area (Å²) in [7, 11) is -1.59. The average molecular weight is 337 g/mol. The van der Waals surface area contributed by atoms with Gasteiger partial charge in [-0.3, -0.25) is 4.90 Å². The highest BCUT2D eigenvalue weighted by molar-refractivity contribution is 7.48. The molecule has 0 amide bonds. The lowest BCUT2D eigenvalue weighted by Gasteiger charge is -2.38. The second-order valence-electron chi connectivity index (χ2n) is 7.36. The summed E-state index contributed by atoms with van der Waals surface area (Å²) in [4.78, 5) is 2.33. The van der Waals surface area contributed by atoms with Gasteiger partial charge in [0.1, 0.15) is 0 Å². The molecule has 2 fully saturated rings. The van der Waals surface area contributed by atoms with E-state index in [0.29, 0.717) is 0 Å². The van der Waals surface area contributed by atoms with Crippen LogP contribution in [0.1, 0.15) is 34.6 Å². The molecule has 0 unspecified atom stereocenters. The fourth-order valence-corrected chi connectivity index (χ4v) is 5.74. The highest BCUT2D eigenvalue weighted by Crippen LogP contribution is 2.49. The van der Waals surface area contributed by atoms with Crippen LogP contribution in [0, 0.1) is 10.8 Å². The van der Waals surface area contributed by atoms with Crippen LogP contribution in [0.15, 0.2) is 0 Å². The normalized spacial score (nSPS) is 27.1. The molecule has 2 rings (SSSR count). The lowest BCUT2D eigenvalue weighted by Crippen LogP contribution is -2.34. The zero-order valence-electron chi connectivity index (χ0n) is 13.9. The minimum atomic E-state index is -0.796. The van der Waals surface area contributed by atoms with Gasteiger partial charge in [-0.05, 0) is 6.54 Å². The van der Waals surface area contributed by atoms with Gasteiger partial charge in [-0.15, -0.1) is 0 Å². The zero-order valence-corrected chi connectivity index (χ0v) is 15.7. The molecule has 2 aliphatic rings. The van der Waals surface area contributed by atoms with Gasteiger partial charge in [0.2, 0.25) is 0 Å². The Labute approximate surface area is 131 Å². The summed E-state index contributed by atoms with van der Waals surface area (Å²) in [6.07, 6.45) is 1.69. The van der Waals surface area contributed by atoms with Gasteiger partial charge in [0.25, 0.3) is 0 Å². The molecule has 0 N–H and O–H groups in total. The molecule has 0 aromatic rings. The van der Waals surface area contributed by atoms with Gasteiger partial charge < -0.3 is 18.1 Å². The van der Waals surface area contributed by atoms with E-state index in [2.05, 4.69) is 39.5 Å². The van der Waals surface area contributed by atoms with Gasteiger partial charge in [0.05, 0.1) is 39.0 Å². The predicted octanol–water partition coefficient (Wildman–Crippen LogP) is 3.99. The molecule has 124 valence electrons. The number of hydrogen-bond acceptors (Lipinski definition) is 5. The van der Waals surface area contributed by atoms with Crippen LogP contribution in [0.3, 0.4) is 0 Å². The molecule has 2 heterocycles. The van der Waals surface area contributed by atoms with Gasteiger partial charge in [-0.1, -0.05) is 34.6 Å². The molecule has 0 saturated carbocycles. The van der Waals surface area contributed by atoms with Crippen LogP contribution in [0.5, 0.6) is 0 Å². The molecule has 2 saturated heterocycles. The van der Waals surface area contributed by atoms with Crippen LogP contribution in [0.2, 0.25) is 0 Å². The van der Waals surface area contributed by atoms with E-state index in [1.165, 1.54) is 0 Å². The van der Waals surface area contributed by atoms with Crippen molar-refractivity contribution in [1.82, 2.24) is 4.90 Å². The van der Waals surface area contributed by atoms with Crippen molar-refractivity contribution < 1.29 is 18.1 Å². The van der Waals surface area contributed by atoms with Gasteiger partial charge in [0, 0.05) is 10.8 Å². The molecule has 0 aromatic carbocycles. The predicted molar refractivity (Wildman–Crippen MR) is 87.3 cm³/mol. The van der Waals surface area contributed by atoms with Crippen LogP contribution >= 0.6 is 16.8 Å². The molecule has 0 spiro atoms. The summed E-state index contributed by atoms with van der Waals surface area (Å²) in [6.45, 7) is 14.9. The Morgan fingerprint density at radius 2 is 1.10 bits per heavy atom. The fourth-order valence-electron chi connectivity index (χ4n) is 1.88. The van der Waals surface area contributed by atoms with Crippen molar-refractivity contribution in [2.24, 2.45) is 10.8 Å². The standard InChI is InChI=1S/C14H29NO4P2/c1-6-15(11-20-16-7-13(2,3)8-17-20)12-21-18-9-14(4,5)10-19-21/h6-12H2,1-5H3. The van der Waals surface area contributed by atoms with Crippen LogP contribution in [0.25, 0.3) is 0 Å². The molecular formula is C14H29NO4P2. The summed E-state index contributed by atoms with van der Waals surface area (Å²) in [5, 5.41) is 0. The van der Waals surface area contributed by atoms with E-state index in [4.69, 9.17) is 18.1 Å². The molecule has 21 heavy (non-hydrogen) atoms. The second-order valence-corrected chi connectivity index (χ2v) is 10.3. The van der Waals surface area contributed by atoms with E-state index in [1.807, 2.05) is 0 Å². The van der Waals surface area contributed by atoms with E-state index in [0.717, 1.165) is 45.5 Å². The third kappa shape index (κ3) is 5.99. The third-order valence-electron chi connectivity index (χ3n) is 3.48. The number of nitrogens with zero attached hydrogens (tertiary/aromatic N) is 1. The van der Waals surface area contributed by atoms with Gasteiger partial charge in [0.15, 0.2) is 16.8 Å². The molecule has 0 radical (unpaired) electrons. The lowest BCUT2D eigenvalue weighted by atomic mass is 9.97. The Kier molecular flexibility index (Phi) is 6.42. The van der Waals surface area contributed by atoms with Gasteiger partial charge in [-0.25, -0.2) is 0 Å². The van der Waals surface area contributed by atoms with Crippen LogP contribution in [-0.4, -0.2) is 50.4 Å². The first-order valence-electron chi connectivity index (χ1n) is 7.59. The fraction of sp³-hybridized carbons (Fsp3) is 1.00. The summed E-state index contributed by atoms with van der Waals surface area (Å²) in [5.74, 6) is 0. The summed E-state index contributed by atoms with van der Waals surface area (Å²) in [5.41, 5.74) is 0.280. The maximum absolute atomic E-state index is 5.87. The lowest BCUT2D eigenvalue weighted by molar-refractivity contribution is 0.0529. The highest BCUT2D eigenvalue weighted by atomic mass is 31.2. The van der Waals surface area contributed by atoms with E-state index in [9.17, 15) is 0 Å². The Morgan fingerprint density at radius 3 is 1.38 bits per heavy atom. The Balaban J connectivity index is 1.74. The van der Waals surface area contributed by atoms with Crippen LogP contribution in [-0.2, 0) is 18.1 Å². The van der Waals surface area contributed by atoms with E-state index in [1.54, 1.807) is 0 Å². The minimum absolute atomic E-state index is 0.140. The van der Waals surface area contributed by atoms with Gasteiger partial charge in [-0.2, -0.15) is 0 Å². The third-order valence-corrected chi connectivity index (χ3v) is 6.41. The molecule has 0 bridgehead atoms. The molecular weight excluding hydrogens is 308 g/mol. The van der Waals surface area contributed by atoms with Crippen molar-refractivity contribution in [2.45, 2.75) is 34.6 Å². The molecule has 2 aliphatic heterocycles. The topological polar surface area (TPSA) is 40.2 Å². The maximum atomic E-state index is 5.87. The van der Waals surface area contributed by atoms with Crippen molar-refractivity contribution in [3.8, 4) is 0 Å². The first-order chi connectivity index (χ1) is 9.80. The Hall–Kier alpha value is 0.660. The van der Waals surface area contributed by atoms with Crippen molar-refractivity contribution >= 4 is 16.8 Å². The minimum Gasteiger partial charge on any atom is -0.333 e. The summed E-state index contributed by atoms with van der Waals surface area (Å²) < 4.78 is 23.5. The summed E-state index contributed by atoms with van der Waals surface area (Å²) in [6, 6.07) is 0. The quantitative estimate of drug-likeness (QED) is 0.709. The first kappa shape index (κ1) is 18.0. The number of hydrogen-bond donors (Lipinski definition) is 0. The average Bonchev–Trinajstić information content (AvgIpc) is 2.42. The largest absolute Gasteiger partial charge is 0.333 e. The highest BCUT2D eigenvalue weighted by Gasteiger charge is 2.33.